The number of carbonyl (C=O) groups is 2. The fraction of sp³-hybridized carbons (Fsp3) is 0.875. The first-order valence-electron chi connectivity index (χ1n) is 8.57. The second kappa shape index (κ2) is 7.93. The molecule has 23 heavy (non-hydrogen) atoms. The Bertz CT molecular complexity index is 416. The van der Waals surface area contributed by atoms with Crippen molar-refractivity contribution < 1.29 is 18.4 Å². The quantitative estimate of drug-likeness (QED) is 0.841. The molecule has 1 heterocycles. The highest BCUT2D eigenvalue weighted by molar-refractivity contribution is 5.83. The molecule has 1 aliphatic carbocycles. The van der Waals surface area contributed by atoms with Gasteiger partial charge in [-0.2, -0.15) is 0 Å². The topological polar surface area (TPSA) is 66.6 Å². The summed E-state index contributed by atoms with van der Waals surface area (Å²) in [4.78, 5) is 26.6. The van der Waals surface area contributed by atoms with Crippen molar-refractivity contribution in [3.63, 3.8) is 0 Å². The van der Waals surface area contributed by atoms with Gasteiger partial charge in [0.05, 0.1) is 0 Å². The summed E-state index contributed by atoms with van der Waals surface area (Å²) in [6.45, 7) is 0.396. The summed E-state index contributed by atoms with van der Waals surface area (Å²) in [5, 5.41) is 0. The van der Waals surface area contributed by atoms with Gasteiger partial charge in [0.15, 0.2) is 0 Å². The maximum Gasteiger partial charge on any atom is 0.320 e. The number of nitrogens with zero attached hydrogens (tertiary/aromatic N) is 2. The Balaban J connectivity index is 1.88. The third kappa shape index (κ3) is 5.62. The molecular formula is C16H27F2N3O2. The summed E-state index contributed by atoms with van der Waals surface area (Å²) in [6, 6.07) is -0.338. The van der Waals surface area contributed by atoms with Crippen molar-refractivity contribution in [1.82, 2.24) is 9.80 Å². The summed E-state index contributed by atoms with van der Waals surface area (Å²) >= 11 is 0. The molecule has 1 saturated carbocycles. The minimum atomic E-state index is -2.69. The van der Waals surface area contributed by atoms with Crippen molar-refractivity contribution in [2.45, 2.75) is 57.3 Å². The Hall–Kier alpha value is -1.40. The molecule has 5 nitrogen and oxygen atoms in total. The molecule has 1 aliphatic heterocycles. The molecule has 0 aromatic carbocycles. The van der Waals surface area contributed by atoms with Crippen LogP contribution in [-0.4, -0.2) is 53.8 Å². The van der Waals surface area contributed by atoms with E-state index in [4.69, 9.17) is 5.73 Å². The van der Waals surface area contributed by atoms with Gasteiger partial charge < -0.3 is 15.5 Å². The number of nitrogens with two attached hydrogens (primary N) is 1. The number of carbonyl (C=O) groups excluding carboxylic acids is 2. The lowest BCUT2D eigenvalue weighted by atomic mass is 9.87. The number of hydrogen-bond acceptors (Lipinski definition) is 2. The van der Waals surface area contributed by atoms with Crippen LogP contribution < -0.4 is 5.73 Å². The molecule has 3 amide bonds. The first-order chi connectivity index (χ1) is 10.9. The fourth-order valence-electron chi connectivity index (χ4n) is 3.47. The van der Waals surface area contributed by atoms with E-state index in [1.807, 2.05) is 0 Å². The number of urea groups is 1. The zero-order valence-electron chi connectivity index (χ0n) is 13.6. The highest BCUT2D eigenvalue weighted by Crippen LogP contribution is 2.29. The van der Waals surface area contributed by atoms with E-state index in [2.05, 4.69) is 0 Å². The number of halogens is 2. The van der Waals surface area contributed by atoms with Gasteiger partial charge in [0.25, 0.3) is 5.92 Å². The summed E-state index contributed by atoms with van der Waals surface area (Å²) in [7, 11) is 0. The molecule has 0 atom stereocenters. The van der Waals surface area contributed by atoms with Gasteiger partial charge in [-0.15, -0.1) is 0 Å². The van der Waals surface area contributed by atoms with Crippen LogP contribution in [0.15, 0.2) is 0 Å². The molecule has 0 aromatic rings. The van der Waals surface area contributed by atoms with E-state index >= 15 is 0 Å². The van der Waals surface area contributed by atoms with Crippen molar-refractivity contribution in [3.05, 3.63) is 0 Å². The Morgan fingerprint density at radius 1 is 1.13 bits per heavy atom. The fourth-order valence-corrected chi connectivity index (χ4v) is 3.47. The van der Waals surface area contributed by atoms with Gasteiger partial charge in [-0.3, -0.25) is 4.79 Å². The van der Waals surface area contributed by atoms with Gasteiger partial charge >= 0.3 is 6.03 Å². The molecule has 0 unspecified atom stereocenters. The van der Waals surface area contributed by atoms with Crippen molar-refractivity contribution in [2.24, 2.45) is 11.7 Å². The normalized spacial score (nSPS) is 21.9. The lowest BCUT2D eigenvalue weighted by Gasteiger charge is -2.36. The van der Waals surface area contributed by atoms with E-state index in [1.165, 1.54) is 29.1 Å². The van der Waals surface area contributed by atoms with Crippen molar-refractivity contribution in [2.75, 3.05) is 26.2 Å². The minimum Gasteiger partial charge on any atom is -0.368 e. The van der Waals surface area contributed by atoms with Gasteiger partial charge in [-0.25, -0.2) is 13.6 Å². The van der Waals surface area contributed by atoms with Crippen molar-refractivity contribution in [1.29, 1.82) is 0 Å². The monoisotopic (exact) mass is 331 g/mol. The minimum absolute atomic E-state index is 0.0323. The molecular weight excluding hydrogens is 304 g/mol. The molecule has 2 N–H and O–H groups in total. The van der Waals surface area contributed by atoms with Crippen LogP contribution in [0.4, 0.5) is 13.6 Å². The third-order valence-corrected chi connectivity index (χ3v) is 4.91. The van der Waals surface area contributed by atoms with Gasteiger partial charge in [0, 0.05) is 32.5 Å². The summed E-state index contributed by atoms with van der Waals surface area (Å²) in [5.74, 6) is -2.67. The van der Waals surface area contributed by atoms with Crippen molar-refractivity contribution in [3.8, 4) is 0 Å². The predicted octanol–water partition coefficient (Wildman–Crippen LogP) is 2.60. The average Bonchev–Trinajstić information content (AvgIpc) is 2.51. The zero-order chi connectivity index (χ0) is 16.9. The van der Waals surface area contributed by atoms with Crippen LogP contribution in [-0.2, 0) is 4.79 Å². The number of amides is 3. The van der Waals surface area contributed by atoms with Crippen LogP contribution in [0.3, 0.4) is 0 Å². The van der Waals surface area contributed by atoms with Crippen LogP contribution in [0.25, 0.3) is 0 Å². The van der Waals surface area contributed by atoms with E-state index in [-0.39, 0.29) is 38.5 Å². The zero-order valence-corrected chi connectivity index (χ0v) is 13.6. The highest BCUT2D eigenvalue weighted by Gasteiger charge is 2.37. The third-order valence-electron chi connectivity index (χ3n) is 4.91. The molecule has 2 rings (SSSR count). The molecule has 2 aliphatic rings. The number of alkyl halides is 2. The Morgan fingerprint density at radius 2 is 1.74 bits per heavy atom. The summed E-state index contributed by atoms with van der Waals surface area (Å²) < 4.78 is 26.4. The summed E-state index contributed by atoms with van der Waals surface area (Å²) in [6.07, 6.45) is 6.25. The van der Waals surface area contributed by atoms with Gasteiger partial charge in [0.2, 0.25) is 5.91 Å². The molecule has 0 aromatic heterocycles. The number of rotatable bonds is 5. The van der Waals surface area contributed by atoms with Gasteiger partial charge in [0.1, 0.15) is 6.54 Å². The highest BCUT2D eigenvalue weighted by atomic mass is 19.3. The van der Waals surface area contributed by atoms with E-state index in [1.54, 1.807) is 0 Å². The first-order valence-corrected chi connectivity index (χ1v) is 8.57. The van der Waals surface area contributed by atoms with E-state index in [0.29, 0.717) is 12.5 Å². The standard InChI is InChI=1S/C16H27F2N3O2/c17-16(18)7-10-20(11-8-16)15(23)21(12-14(19)22)9-6-13-4-2-1-3-5-13/h13H,1-12H2,(H2,19,22). The van der Waals surface area contributed by atoms with E-state index < -0.39 is 11.8 Å². The van der Waals surface area contributed by atoms with E-state index in [0.717, 1.165) is 19.3 Å². The van der Waals surface area contributed by atoms with Crippen molar-refractivity contribution >= 4 is 11.9 Å². The van der Waals surface area contributed by atoms with Crippen LogP contribution in [0, 0.1) is 5.92 Å². The Labute approximate surface area is 136 Å². The number of primary amides is 1. The van der Waals surface area contributed by atoms with Gasteiger partial charge in [-0.05, 0) is 12.3 Å². The maximum atomic E-state index is 13.2. The smallest absolute Gasteiger partial charge is 0.320 e. The molecule has 0 radical (unpaired) electrons. The van der Waals surface area contributed by atoms with Gasteiger partial charge in [-0.1, -0.05) is 32.1 Å². The first kappa shape index (κ1) is 17.9. The van der Waals surface area contributed by atoms with Crippen LogP contribution in [0.1, 0.15) is 51.4 Å². The predicted molar refractivity (Wildman–Crippen MR) is 83.1 cm³/mol. The van der Waals surface area contributed by atoms with E-state index in [9.17, 15) is 18.4 Å². The molecule has 132 valence electrons. The van der Waals surface area contributed by atoms with Crippen LogP contribution in [0.5, 0.6) is 0 Å². The molecule has 7 heteroatoms. The van der Waals surface area contributed by atoms with Crippen LogP contribution in [0.2, 0.25) is 0 Å². The molecule has 2 fully saturated rings. The SMILES string of the molecule is NC(=O)CN(CCC1CCCCC1)C(=O)N1CCC(F)(F)CC1. The lowest BCUT2D eigenvalue weighted by molar-refractivity contribution is -0.118. The average molecular weight is 331 g/mol. The second-order valence-electron chi connectivity index (χ2n) is 6.81. The molecule has 1 saturated heterocycles. The largest absolute Gasteiger partial charge is 0.368 e. The number of hydrogen-bond donors (Lipinski definition) is 1. The van der Waals surface area contributed by atoms with Crippen LogP contribution >= 0.6 is 0 Å². The Morgan fingerprint density at radius 3 is 2.30 bits per heavy atom. The second-order valence-corrected chi connectivity index (χ2v) is 6.81. The Kier molecular flexibility index (Phi) is 6.18. The summed E-state index contributed by atoms with van der Waals surface area (Å²) in [5.41, 5.74) is 5.24. The maximum absolute atomic E-state index is 13.2. The molecule has 0 bridgehead atoms. The lowest BCUT2D eigenvalue weighted by Crippen LogP contribution is -2.51. The number of piperidine rings is 1. The number of likely N-dealkylation sites (tertiary alicyclic amines) is 1. The molecule has 0 spiro atoms.